The van der Waals surface area contributed by atoms with Gasteiger partial charge in [-0.1, -0.05) is 49.8 Å². The maximum Gasteiger partial charge on any atom is 0.162 e. The van der Waals surface area contributed by atoms with E-state index in [1.807, 2.05) is 0 Å². The van der Waals surface area contributed by atoms with Crippen LogP contribution in [0.4, 0.5) is 0 Å². The number of allylic oxidation sites excluding steroid dienone is 3. The molecule has 0 heterocycles. The summed E-state index contributed by atoms with van der Waals surface area (Å²) < 4.78 is 0. The van der Waals surface area contributed by atoms with Crippen LogP contribution in [0.25, 0.3) is 0 Å². The first-order valence-corrected chi connectivity index (χ1v) is 12.6. The molecule has 0 aromatic rings. The summed E-state index contributed by atoms with van der Waals surface area (Å²) in [4.78, 5) is 11.5. The van der Waals surface area contributed by atoms with Crippen molar-refractivity contribution < 1.29 is 9.90 Å². The number of carbonyl (C=O) groups excluding carboxylic acids is 1. The fraction of sp³-hybridized carbons (Fsp3) is 0.792. The quantitative estimate of drug-likeness (QED) is 0.387. The average Bonchev–Trinajstić information content (AvgIpc) is 3.38. The van der Waals surface area contributed by atoms with Crippen molar-refractivity contribution in [3.63, 3.8) is 0 Å². The minimum absolute atomic E-state index is 0.0479. The SMILES string of the molecule is O=C1C=C[C@]23CCCCC[C@]24[C@H]1[C@]1(O)[C@@H]2[C@]5(Cl)CCCCCC(=C[C@@H]1[C@]34Cl)[C@]25Cl. The van der Waals surface area contributed by atoms with Gasteiger partial charge in [-0.25, -0.2) is 0 Å². The summed E-state index contributed by atoms with van der Waals surface area (Å²) in [5.41, 5.74) is -0.532. The van der Waals surface area contributed by atoms with Gasteiger partial charge in [0.1, 0.15) is 0 Å². The van der Waals surface area contributed by atoms with Gasteiger partial charge in [0.15, 0.2) is 5.78 Å². The van der Waals surface area contributed by atoms with E-state index in [0.29, 0.717) is 0 Å². The van der Waals surface area contributed by atoms with Gasteiger partial charge in [0.2, 0.25) is 0 Å². The van der Waals surface area contributed by atoms with Crippen molar-refractivity contribution in [2.24, 2.45) is 28.6 Å². The third-order valence-corrected chi connectivity index (χ3v) is 13.0. The molecule has 1 N–H and O–H groups in total. The van der Waals surface area contributed by atoms with Gasteiger partial charge in [-0.15, -0.1) is 34.8 Å². The summed E-state index contributed by atoms with van der Waals surface area (Å²) in [7, 11) is 0. The van der Waals surface area contributed by atoms with Crippen molar-refractivity contribution in [1.82, 2.24) is 0 Å². The Morgan fingerprint density at radius 2 is 1.69 bits per heavy atom. The number of halogens is 3. The van der Waals surface area contributed by atoms with E-state index in [2.05, 4.69) is 12.2 Å². The molecule has 29 heavy (non-hydrogen) atoms. The summed E-state index contributed by atoms with van der Waals surface area (Å²) in [5.74, 6) is -0.943. The third kappa shape index (κ3) is 1.48. The first-order chi connectivity index (χ1) is 13.8. The highest BCUT2D eigenvalue weighted by Crippen LogP contribution is 2.96. The van der Waals surface area contributed by atoms with E-state index < -0.39 is 26.1 Å². The van der Waals surface area contributed by atoms with Crippen LogP contribution in [0.5, 0.6) is 0 Å². The molecule has 0 amide bonds. The van der Waals surface area contributed by atoms with Gasteiger partial charge in [0, 0.05) is 22.7 Å². The Morgan fingerprint density at radius 1 is 0.966 bits per heavy atom. The van der Waals surface area contributed by atoms with Crippen LogP contribution in [0.2, 0.25) is 0 Å². The van der Waals surface area contributed by atoms with Crippen LogP contribution >= 0.6 is 34.8 Å². The normalized spacial score (nSPS) is 63.8. The van der Waals surface area contributed by atoms with Gasteiger partial charge < -0.3 is 5.11 Å². The first-order valence-electron chi connectivity index (χ1n) is 11.5. The highest BCUT2D eigenvalue weighted by molar-refractivity contribution is 6.42. The van der Waals surface area contributed by atoms with Gasteiger partial charge in [0.05, 0.1) is 26.1 Å². The van der Waals surface area contributed by atoms with Crippen molar-refractivity contribution in [2.45, 2.75) is 84.4 Å². The summed E-state index contributed by atoms with van der Waals surface area (Å²) in [6.07, 6.45) is 16.5. The zero-order valence-corrected chi connectivity index (χ0v) is 18.8. The molecule has 5 saturated carbocycles. The topological polar surface area (TPSA) is 37.3 Å². The zero-order valence-electron chi connectivity index (χ0n) is 16.5. The minimum Gasteiger partial charge on any atom is -0.388 e. The lowest BCUT2D eigenvalue weighted by Gasteiger charge is -2.47. The number of carbonyl (C=O) groups is 1. The largest absolute Gasteiger partial charge is 0.388 e. The lowest BCUT2D eigenvalue weighted by atomic mass is 9.60. The molecule has 7 aliphatic rings. The van der Waals surface area contributed by atoms with Crippen molar-refractivity contribution in [3.05, 3.63) is 23.8 Å². The Hall–Kier alpha value is -0.0200. The van der Waals surface area contributed by atoms with Gasteiger partial charge >= 0.3 is 0 Å². The molecule has 0 bridgehead atoms. The molecule has 9 atom stereocenters. The van der Waals surface area contributed by atoms with Crippen LogP contribution in [0, 0.1) is 28.6 Å². The van der Waals surface area contributed by atoms with Gasteiger partial charge in [-0.2, -0.15) is 0 Å². The molecule has 0 radical (unpaired) electrons. The number of rotatable bonds is 0. The molecule has 7 rings (SSSR count). The Bertz CT molecular complexity index is 929. The van der Waals surface area contributed by atoms with Crippen LogP contribution in [0.1, 0.15) is 64.2 Å². The minimum atomic E-state index is -1.23. The molecule has 0 unspecified atom stereocenters. The van der Waals surface area contributed by atoms with Crippen LogP contribution < -0.4 is 0 Å². The molecule has 0 saturated heterocycles. The smallest absolute Gasteiger partial charge is 0.162 e. The molecule has 0 aromatic carbocycles. The zero-order chi connectivity index (χ0) is 20.1. The summed E-state index contributed by atoms with van der Waals surface area (Å²) in [6, 6.07) is 0. The van der Waals surface area contributed by atoms with Crippen LogP contribution in [-0.2, 0) is 4.79 Å². The number of hydrogen-bond acceptors (Lipinski definition) is 2. The summed E-state index contributed by atoms with van der Waals surface area (Å²) in [6.45, 7) is 0. The Labute approximate surface area is 187 Å². The lowest BCUT2D eigenvalue weighted by Crippen LogP contribution is -2.56. The van der Waals surface area contributed by atoms with Crippen LogP contribution in [0.3, 0.4) is 0 Å². The molecule has 2 nitrogen and oxygen atoms in total. The van der Waals surface area contributed by atoms with E-state index in [9.17, 15) is 9.90 Å². The Morgan fingerprint density at radius 3 is 2.52 bits per heavy atom. The van der Waals surface area contributed by atoms with E-state index in [-0.39, 0.29) is 28.4 Å². The van der Waals surface area contributed by atoms with Gasteiger partial charge in [0.25, 0.3) is 0 Å². The number of ketones is 1. The maximum absolute atomic E-state index is 13.4. The van der Waals surface area contributed by atoms with Crippen molar-refractivity contribution in [3.8, 4) is 0 Å². The number of fused-ring (bicyclic) bond motifs is 5. The predicted molar refractivity (Wildman–Crippen MR) is 114 cm³/mol. The standard InChI is InChI=1S/C24H27Cl3O2/c25-21-11-6-1-3-7-14-13-16-22(29,18(21)23(14,21)26)17-15(28)8-12-19-9-4-2-5-10-20(17,19)24(16,19)27/h8,12-13,16-18,29H,1-7,9-11H2/t16-,17-,18-,19+,20-,21+,22-,23-,24-/m0/s1. The van der Waals surface area contributed by atoms with Gasteiger partial charge in [-0.05, 0) is 38.2 Å². The summed E-state index contributed by atoms with van der Waals surface area (Å²) >= 11 is 22.2. The maximum atomic E-state index is 13.4. The van der Waals surface area contributed by atoms with Crippen LogP contribution in [-0.4, -0.2) is 31.1 Å². The highest BCUT2D eigenvalue weighted by Gasteiger charge is 3.02. The fourth-order valence-corrected chi connectivity index (χ4v) is 12.0. The number of hydrogen-bond donors (Lipinski definition) is 1. The molecular weight excluding hydrogens is 427 g/mol. The van der Waals surface area contributed by atoms with E-state index in [1.54, 1.807) is 6.08 Å². The highest BCUT2D eigenvalue weighted by atomic mass is 35.5. The number of aliphatic hydroxyl groups is 1. The predicted octanol–water partition coefficient (Wildman–Crippen LogP) is 5.52. The van der Waals surface area contributed by atoms with Crippen molar-refractivity contribution in [1.29, 1.82) is 0 Å². The van der Waals surface area contributed by atoms with E-state index in [0.717, 1.165) is 57.8 Å². The van der Waals surface area contributed by atoms with Crippen molar-refractivity contribution >= 4 is 40.6 Å². The molecule has 156 valence electrons. The van der Waals surface area contributed by atoms with E-state index in [4.69, 9.17) is 34.8 Å². The second-order valence-corrected chi connectivity index (χ2v) is 12.9. The van der Waals surface area contributed by atoms with Crippen LogP contribution in [0.15, 0.2) is 23.8 Å². The average molecular weight is 454 g/mol. The Kier molecular flexibility index (Phi) is 3.18. The fourth-order valence-electron chi connectivity index (χ4n) is 9.72. The molecule has 0 aliphatic heterocycles. The molecule has 7 aliphatic carbocycles. The molecule has 5 fully saturated rings. The first kappa shape index (κ1) is 18.5. The lowest BCUT2D eigenvalue weighted by molar-refractivity contribution is -0.141. The second kappa shape index (κ2) is 4.98. The second-order valence-electron chi connectivity index (χ2n) is 11.0. The summed E-state index contributed by atoms with van der Waals surface area (Å²) in [5, 5.41) is 12.5. The molecule has 1 spiro atoms. The van der Waals surface area contributed by atoms with E-state index >= 15 is 0 Å². The number of alkyl halides is 3. The monoisotopic (exact) mass is 452 g/mol. The van der Waals surface area contributed by atoms with Gasteiger partial charge in [-0.3, -0.25) is 4.79 Å². The molecule has 5 heteroatoms. The van der Waals surface area contributed by atoms with Crippen molar-refractivity contribution in [2.75, 3.05) is 0 Å². The van der Waals surface area contributed by atoms with E-state index in [1.165, 1.54) is 12.0 Å². The third-order valence-electron chi connectivity index (χ3n) is 10.5. The molecular formula is C24H27Cl3O2. The molecule has 0 aromatic heterocycles. The Balaban J connectivity index is 1.50.